The molecule has 0 atom stereocenters. The van der Waals surface area contributed by atoms with E-state index < -0.39 is 5.41 Å². The first-order valence-corrected chi connectivity index (χ1v) is 5.98. The molecule has 3 nitrogen and oxygen atoms in total. The van der Waals surface area contributed by atoms with Gasteiger partial charge in [0, 0.05) is 6.54 Å². The van der Waals surface area contributed by atoms with Crippen molar-refractivity contribution in [3.63, 3.8) is 0 Å². The summed E-state index contributed by atoms with van der Waals surface area (Å²) < 4.78 is 0. The van der Waals surface area contributed by atoms with E-state index in [0.29, 0.717) is 10.4 Å². The van der Waals surface area contributed by atoms with Crippen molar-refractivity contribution < 1.29 is 4.79 Å². The van der Waals surface area contributed by atoms with E-state index in [1.807, 2.05) is 0 Å². The first-order chi connectivity index (χ1) is 6.99. The van der Waals surface area contributed by atoms with Gasteiger partial charge in [-0.1, -0.05) is 25.6 Å². The second-order valence-corrected chi connectivity index (χ2v) is 5.73. The number of rotatable bonds is 4. The molecule has 2 fully saturated rings. The molecule has 0 aromatic heterocycles. The molecule has 0 bridgehead atoms. The van der Waals surface area contributed by atoms with Crippen LogP contribution in [0.15, 0.2) is 0 Å². The quantitative estimate of drug-likeness (QED) is 0.712. The Morgan fingerprint density at radius 3 is 2.33 bits per heavy atom. The first kappa shape index (κ1) is 10.9. The number of amides is 1. The van der Waals surface area contributed by atoms with Gasteiger partial charge in [-0.2, -0.15) is 0 Å². The minimum Gasteiger partial charge on any atom is -0.392 e. The summed E-state index contributed by atoms with van der Waals surface area (Å²) >= 11 is 4.94. The predicted octanol–water partition coefficient (Wildman–Crippen LogP) is 1.36. The molecular formula is C11H18N2OS. The van der Waals surface area contributed by atoms with Crippen molar-refractivity contribution in [2.45, 2.75) is 39.0 Å². The Morgan fingerprint density at radius 1 is 1.40 bits per heavy atom. The smallest absolute Gasteiger partial charge is 0.233 e. The normalized spacial score (nSPS) is 25.1. The van der Waals surface area contributed by atoms with E-state index in [1.165, 1.54) is 19.3 Å². The molecule has 15 heavy (non-hydrogen) atoms. The number of hydrogen-bond acceptors (Lipinski definition) is 2. The molecule has 4 heteroatoms. The Hall–Kier alpha value is -0.640. The fraction of sp³-hybridized carbons (Fsp3) is 0.818. The van der Waals surface area contributed by atoms with Crippen LogP contribution in [0.25, 0.3) is 0 Å². The molecule has 0 aliphatic heterocycles. The van der Waals surface area contributed by atoms with E-state index in [9.17, 15) is 4.79 Å². The lowest BCUT2D eigenvalue weighted by atomic mass is 9.70. The molecular weight excluding hydrogens is 208 g/mol. The SMILES string of the molecule is CC1(CNC(=O)C2(C(N)=S)CC2)CCC1. The van der Waals surface area contributed by atoms with Crippen molar-refractivity contribution >= 4 is 23.1 Å². The van der Waals surface area contributed by atoms with Crippen LogP contribution in [0.2, 0.25) is 0 Å². The lowest BCUT2D eigenvalue weighted by molar-refractivity contribution is -0.124. The highest BCUT2D eigenvalue weighted by atomic mass is 32.1. The Morgan fingerprint density at radius 2 is 2.00 bits per heavy atom. The number of carbonyl (C=O) groups is 1. The average molecular weight is 226 g/mol. The summed E-state index contributed by atoms with van der Waals surface area (Å²) in [7, 11) is 0. The lowest BCUT2D eigenvalue weighted by Gasteiger charge is -2.38. The summed E-state index contributed by atoms with van der Waals surface area (Å²) in [5.41, 5.74) is 5.42. The maximum absolute atomic E-state index is 11.9. The molecule has 0 saturated heterocycles. The molecule has 3 N–H and O–H groups in total. The first-order valence-electron chi connectivity index (χ1n) is 5.57. The second kappa shape index (κ2) is 3.44. The number of thiocarbonyl (C=S) groups is 1. The zero-order chi connectivity index (χ0) is 11.1. The standard InChI is InChI=1S/C11H18N2OS/c1-10(3-2-4-10)7-13-9(14)11(5-6-11)8(12)15/h2-7H2,1H3,(H2,12,15)(H,13,14). The van der Waals surface area contributed by atoms with Gasteiger partial charge in [0.2, 0.25) is 5.91 Å². The van der Waals surface area contributed by atoms with Crippen molar-refractivity contribution in [2.75, 3.05) is 6.54 Å². The molecule has 0 spiro atoms. The van der Waals surface area contributed by atoms with Gasteiger partial charge in [-0.3, -0.25) is 4.79 Å². The topological polar surface area (TPSA) is 55.1 Å². The number of nitrogens with two attached hydrogens (primary N) is 1. The molecule has 1 amide bonds. The van der Waals surface area contributed by atoms with E-state index in [0.717, 1.165) is 19.4 Å². The van der Waals surface area contributed by atoms with E-state index in [1.54, 1.807) is 0 Å². The minimum absolute atomic E-state index is 0.0446. The van der Waals surface area contributed by atoms with Gasteiger partial charge in [-0.15, -0.1) is 0 Å². The van der Waals surface area contributed by atoms with Gasteiger partial charge < -0.3 is 11.1 Å². The van der Waals surface area contributed by atoms with Gasteiger partial charge in [0.15, 0.2) is 0 Å². The van der Waals surface area contributed by atoms with Gasteiger partial charge in [-0.05, 0) is 31.1 Å². The van der Waals surface area contributed by atoms with Crippen molar-refractivity contribution in [1.82, 2.24) is 5.32 Å². The molecule has 2 rings (SSSR count). The fourth-order valence-corrected chi connectivity index (χ4v) is 2.43. The maximum Gasteiger partial charge on any atom is 0.233 e. The molecule has 2 aliphatic rings. The Bertz CT molecular complexity index is 306. The molecule has 0 aromatic carbocycles. The van der Waals surface area contributed by atoms with Crippen LogP contribution in [-0.2, 0) is 4.79 Å². The summed E-state index contributed by atoms with van der Waals surface area (Å²) in [6.45, 7) is 2.99. The van der Waals surface area contributed by atoms with Crippen LogP contribution in [0.4, 0.5) is 0 Å². The van der Waals surface area contributed by atoms with E-state index in [4.69, 9.17) is 18.0 Å². The third kappa shape index (κ3) is 1.87. The Labute approximate surface area is 95.8 Å². The number of nitrogens with one attached hydrogen (secondary N) is 1. The van der Waals surface area contributed by atoms with E-state index >= 15 is 0 Å². The van der Waals surface area contributed by atoms with Crippen LogP contribution in [0.5, 0.6) is 0 Å². The van der Waals surface area contributed by atoms with E-state index in [2.05, 4.69) is 12.2 Å². The number of carbonyl (C=O) groups excluding carboxylic acids is 1. The lowest BCUT2D eigenvalue weighted by Crippen LogP contribution is -2.45. The highest BCUT2D eigenvalue weighted by Gasteiger charge is 2.53. The van der Waals surface area contributed by atoms with Crippen LogP contribution in [0.3, 0.4) is 0 Å². The minimum atomic E-state index is -0.491. The third-order valence-electron chi connectivity index (χ3n) is 3.89. The molecule has 84 valence electrons. The van der Waals surface area contributed by atoms with Crippen molar-refractivity contribution in [2.24, 2.45) is 16.6 Å². The Kier molecular flexibility index (Phi) is 2.49. The molecule has 2 saturated carbocycles. The molecule has 2 aliphatic carbocycles. The fourth-order valence-electron chi connectivity index (χ4n) is 2.13. The van der Waals surface area contributed by atoms with Crippen molar-refractivity contribution in [3.05, 3.63) is 0 Å². The van der Waals surface area contributed by atoms with Crippen molar-refractivity contribution in [3.8, 4) is 0 Å². The summed E-state index contributed by atoms with van der Waals surface area (Å²) in [5.74, 6) is 0.0446. The third-order valence-corrected chi connectivity index (χ3v) is 4.28. The highest BCUT2D eigenvalue weighted by Crippen LogP contribution is 2.46. The average Bonchev–Trinajstić information content (AvgIpc) is 2.91. The van der Waals surface area contributed by atoms with Gasteiger partial charge >= 0.3 is 0 Å². The maximum atomic E-state index is 11.9. The van der Waals surface area contributed by atoms with Crippen LogP contribution in [0, 0.1) is 10.8 Å². The van der Waals surface area contributed by atoms with E-state index in [-0.39, 0.29) is 5.91 Å². The predicted molar refractivity (Wildman–Crippen MR) is 63.4 cm³/mol. The largest absolute Gasteiger partial charge is 0.392 e. The van der Waals surface area contributed by atoms with Gasteiger partial charge in [-0.25, -0.2) is 0 Å². The van der Waals surface area contributed by atoms with Crippen LogP contribution >= 0.6 is 12.2 Å². The molecule has 0 aromatic rings. The molecule has 0 heterocycles. The van der Waals surface area contributed by atoms with Gasteiger partial charge in [0.05, 0.1) is 10.4 Å². The number of hydrogen-bond donors (Lipinski definition) is 2. The van der Waals surface area contributed by atoms with Gasteiger partial charge in [0.25, 0.3) is 0 Å². The Balaban J connectivity index is 1.85. The summed E-state index contributed by atoms with van der Waals surface area (Å²) in [4.78, 5) is 12.2. The molecule has 0 radical (unpaired) electrons. The highest BCUT2D eigenvalue weighted by molar-refractivity contribution is 7.80. The van der Waals surface area contributed by atoms with Gasteiger partial charge in [0.1, 0.15) is 0 Å². The summed E-state index contributed by atoms with van der Waals surface area (Å²) in [6.07, 6.45) is 5.36. The van der Waals surface area contributed by atoms with Crippen LogP contribution in [-0.4, -0.2) is 17.4 Å². The molecule has 0 unspecified atom stereocenters. The van der Waals surface area contributed by atoms with Crippen LogP contribution in [0.1, 0.15) is 39.0 Å². The zero-order valence-electron chi connectivity index (χ0n) is 9.14. The zero-order valence-corrected chi connectivity index (χ0v) is 9.95. The monoisotopic (exact) mass is 226 g/mol. The summed E-state index contributed by atoms with van der Waals surface area (Å²) in [6, 6.07) is 0. The summed E-state index contributed by atoms with van der Waals surface area (Å²) in [5, 5.41) is 3.00. The van der Waals surface area contributed by atoms with Crippen molar-refractivity contribution in [1.29, 1.82) is 0 Å². The van der Waals surface area contributed by atoms with Crippen LogP contribution < -0.4 is 11.1 Å². The second-order valence-electron chi connectivity index (χ2n) is 5.29.